The summed E-state index contributed by atoms with van der Waals surface area (Å²) in [6, 6.07) is 0. The topological polar surface area (TPSA) is 26.0 Å². The van der Waals surface area contributed by atoms with E-state index in [1.54, 1.807) is 0 Å². The highest BCUT2D eigenvalue weighted by Crippen LogP contribution is 2.43. The molecule has 2 aliphatic heterocycles. The summed E-state index contributed by atoms with van der Waals surface area (Å²) in [5.41, 5.74) is 5.59. The maximum Gasteiger partial charge on any atom is -0.00696 e. The van der Waals surface area contributed by atoms with Gasteiger partial charge in [-0.05, 0) is 64.9 Å². The van der Waals surface area contributed by atoms with Crippen molar-refractivity contribution in [3.05, 3.63) is 45.9 Å². The minimum atomic E-state index is 0.0256. The van der Waals surface area contributed by atoms with Crippen LogP contribution in [0.15, 0.2) is 45.9 Å². The second kappa shape index (κ2) is 9.54. The first-order valence-electron chi connectivity index (χ1n) is 7.83. The first kappa shape index (κ1) is 16.0. The molecule has 0 bridgehead atoms. The van der Waals surface area contributed by atoms with Gasteiger partial charge in [0, 0.05) is 0 Å². The van der Waals surface area contributed by atoms with Crippen molar-refractivity contribution in [1.29, 1.82) is 0 Å². The molecule has 2 N–H and O–H groups in total. The Morgan fingerprint density at radius 2 is 1.40 bits per heavy atom. The number of rotatable bonds is 10. The number of hydrogen-bond donors (Lipinski definition) is 3. The quantitative estimate of drug-likeness (QED) is 0.394. The lowest BCUT2D eigenvalue weighted by Gasteiger charge is -2.25. The lowest BCUT2D eigenvalue weighted by atomic mass is 10.1. The van der Waals surface area contributed by atoms with E-state index in [1.807, 2.05) is 0 Å². The van der Waals surface area contributed by atoms with Gasteiger partial charge in [-0.1, -0.05) is 37.1 Å². The second-order valence-electron chi connectivity index (χ2n) is 5.49. The highest BCUT2D eigenvalue weighted by Gasteiger charge is 2.15. The van der Waals surface area contributed by atoms with E-state index in [0.29, 0.717) is 0 Å². The number of allylic oxidation sites excluding steroid dienone is 4. The van der Waals surface area contributed by atoms with Crippen molar-refractivity contribution in [2.45, 2.75) is 43.8 Å². The molecule has 3 heteroatoms. The lowest BCUT2D eigenvalue weighted by Crippen LogP contribution is -2.07. The van der Waals surface area contributed by atoms with Crippen LogP contribution in [0.3, 0.4) is 0 Å². The fourth-order valence-corrected chi connectivity index (χ4v) is 6.49. The summed E-state index contributed by atoms with van der Waals surface area (Å²) in [5, 5.41) is 10.6. The Hall–Kier alpha value is -0.380. The van der Waals surface area contributed by atoms with Gasteiger partial charge in [0.05, 0.1) is 0 Å². The van der Waals surface area contributed by atoms with Crippen LogP contribution < -0.4 is 5.73 Å². The average molecular weight is 312 g/mol. The number of thiol groups is 2. The summed E-state index contributed by atoms with van der Waals surface area (Å²) in [4.78, 5) is 0. The summed E-state index contributed by atoms with van der Waals surface area (Å²) in [6.45, 7) is 0.849. The first-order chi connectivity index (χ1) is 9.90. The van der Waals surface area contributed by atoms with E-state index >= 15 is 0 Å². The number of nitrogens with two attached hydrogens (primary N) is 1. The summed E-state index contributed by atoms with van der Waals surface area (Å²) < 4.78 is 0. The summed E-state index contributed by atoms with van der Waals surface area (Å²) in [7, 11) is 0.113. The Bertz CT molecular complexity index is 360. The zero-order valence-electron chi connectivity index (χ0n) is 12.3. The normalized spacial score (nSPS) is 21.2. The van der Waals surface area contributed by atoms with Gasteiger partial charge in [0.1, 0.15) is 0 Å². The fraction of sp³-hybridized carbons (Fsp3) is 0.529. The molecule has 0 radical (unpaired) electrons. The van der Waals surface area contributed by atoms with E-state index in [-0.39, 0.29) is 21.8 Å². The molecule has 2 rings (SSSR count). The van der Waals surface area contributed by atoms with Crippen LogP contribution in [-0.2, 0) is 0 Å². The Morgan fingerprint density at radius 1 is 0.750 bits per heavy atom. The monoisotopic (exact) mass is 311 g/mol. The average Bonchev–Trinajstić information content (AvgIpc) is 3.14. The fourth-order valence-electron chi connectivity index (χ4n) is 2.76. The molecule has 1 atom stereocenters. The highest BCUT2D eigenvalue weighted by molar-refractivity contribution is 8.23. The molecule has 0 aromatic carbocycles. The molecule has 0 saturated heterocycles. The van der Waals surface area contributed by atoms with E-state index in [1.165, 1.54) is 44.3 Å². The van der Waals surface area contributed by atoms with Gasteiger partial charge in [0.2, 0.25) is 0 Å². The van der Waals surface area contributed by atoms with E-state index in [9.17, 15) is 0 Å². The zero-order chi connectivity index (χ0) is 14.0. The van der Waals surface area contributed by atoms with E-state index < -0.39 is 0 Å². The molecule has 1 nitrogen and oxygen atoms in total. The molecule has 0 aromatic heterocycles. The third-order valence-corrected chi connectivity index (χ3v) is 8.25. The Labute approximate surface area is 129 Å². The summed E-state index contributed by atoms with van der Waals surface area (Å²) >= 11 is 0. The van der Waals surface area contributed by atoms with Crippen molar-refractivity contribution in [2.75, 3.05) is 12.3 Å². The predicted molar refractivity (Wildman–Crippen MR) is 99.9 cm³/mol. The van der Waals surface area contributed by atoms with Crippen molar-refractivity contribution in [3.63, 3.8) is 0 Å². The highest BCUT2D eigenvalue weighted by atomic mass is 32.2. The van der Waals surface area contributed by atoms with Gasteiger partial charge in [-0.2, -0.15) is 0 Å². The van der Waals surface area contributed by atoms with E-state index in [4.69, 9.17) is 5.73 Å². The smallest absolute Gasteiger partial charge is 0.00696 e. The standard InChI is InChI=1S/C17H29NS2/c18-11-3-1-2-9-17(20-15-6-7-16-20)10-8-14-19-12-4-5-13-19/h4-7,12-13,15-17,19-20H,1-3,8-11,14,18H2. The van der Waals surface area contributed by atoms with Gasteiger partial charge in [0.15, 0.2) is 0 Å². The molecule has 2 heterocycles. The molecule has 0 aliphatic carbocycles. The maximum absolute atomic E-state index is 5.59. The number of hydrogen-bond acceptors (Lipinski definition) is 1. The van der Waals surface area contributed by atoms with Gasteiger partial charge < -0.3 is 5.73 Å². The molecule has 20 heavy (non-hydrogen) atoms. The Morgan fingerprint density at radius 3 is 2.10 bits per heavy atom. The minimum Gasteiger partial charge on any atom is -0.330 e. The van der Waals surface area contributed by atoms with Gasteiger partial charge in [-0.3, -0.25) is 0 Å². The van der Waals surface area contributed by atoms with Crippen LogP contribution in [0, 0.1) is 0 Å². The van der Waals surface area contributed by atoms with Crippen LogP contribution in [-0.4, -0.2) is 17.5 Å². The van der Waals surface area contributed by atoms with Crippen LogP contribution in [0.1, 0.15) is 38.5 Å². The molecule has 1 unspecified atom stereocenters. The van der Waals surface area contributed by atoms with Gasteiger partial charge in [-0.15, -0.1) is 0 Å². The van der Waals surface area contributed by atoms with E-state index in [0.717, 1.165) is 11.8 Å². The molecule has 0 spiro atoms. The summed E-state index contributed by atoms with van der Waals surface area (Å²) in [6.07, 6.45) is 17.0. The molecule has 2 aliphatic rings. The van der Waals surface area contributed by atoms with Crippen molar-refractivity contribution < 1.29 is 0 Å². The third kappa shape index (κ3) is 5.55. The van der Waals surface area contributed by atoms with Gasteiger partial charge in [0.25, 0.3) is 0 Å². The Balaban J connectivity index is 1.70. The van der Waals surface area contributed by atoms with Crippen molar-refractivity contribution in [3.8, 4) is 0 Å². The molecular formula is C17H29NS2. The molecule has 0 amide bonds. The van der Waals surface area contributed by atoms with Crippen molar-refractivity contribution in [2.24, 2.45) is 5.73 Å². The second-order valence-corrected chi connectivity index (χ2v) is 9.78. The molecule has 114 valence electrons. The zero-order valence-corrected chi connectivity index (χ0v) is 14.1. The molecular weight excluding hydrogens is 282 g/mol. The maximum atomic E-state index is 5.59. The lowest BCUT2D eigenvalue weighted by molar-refractivity contribution is 0.605. The molecule has 0 saturated carbocycles. The van der Waals surface area contributed by atoms with Gasteiger partial charge in [-0.25, -0.2) is 21.8 Å². The first-order valence-corrected chi connectivity index (χ1v) is 11.0. The SMILES string of the molecule is NCCCCCC(CCC[SH]1C=CC=C1)[SH]1C=CC=C1. The summed E-state index contributed by atoms with van der Waals surface area (Å²) in [5.74, 6) is 1.39. The Kier molecular flexibility index (Phi) is 7.63. The van der Waals surface area contributed by atoms with Crippen LogP contribution in [0.4, 0.5) is 0 Å². The van der Waals surface area contributed by atoms with Crippen LogP contribution in [0.2, 0.25) is 0 Å². The largest absolute Gasteiger partial charge is 0.330 e. The van der Waals surface area contributed by atoms with Crippen molar-refractivity contribution >= 4 is 21.8 Å². The van der Waals surface area contributed by atoms with Crippen LogP contribution >= 0.6 is 21.8 Å². The van der Waals surface area contributed by atoms with Crippen molar-refractivity contribution in [1.82, 2.24) is 0 Å². The minimum absolute atomic E-state index is 0.0256. The third-order valence-electron chi connectivity index (χ3n) is 3.91. The predicted octanol–water partition coefficient (Wildman–Crippen LogP) is 4.74. The van der Waals surface area contributed by atoms with Crippen LogP contribution in [0.5, 0.6) is 0 Å². The van der Waals surface area contributed by atoms with E-state index in [2.05, 4.69) is 45.9 Å². The number of unbranched alkanes of at least 4 members (excludes halogenated alkanes) is 2. The van der Waals surface area contributed by atoms with Gasteiger partial charge >= 0.3 is 0 Å². The van der Waals surface area contributed by atoms with Crippen LogP contribution in [0.25, 0.3) is 0 Å². The molecule has 0 fully saturated rings. The molecule has 0 aromatic rings.